The highest BCUT2D eigenvalue weighted by Gasteiger charge is 2.17. The van der Waals surface area contributed by atoms with Crippen LogP contribution in [0.3, 0.4) is 0 Å². The normalized spacial score (nSPS) is 13.2. The van der Waals surface area contributed by atoms with E-state index in [0.29, 0.717) is 10.6 Å². The molecule has 2 heterocycles. The van der Waals surface area contributed by atoms with Gasteiger partial charge in [-0.3, -0.25) is 4.79 Å². The average molecular weight is 252 g/mol. The molecule has 0 bridgehead atoms. The summed E-state index contributed by atoms with van der Waals surface area (Å²) in [7, 11) is 0. The molecule has 2 rings (SSSR count). The van der Waals surface area contributed by atoms with Crippen molar-refractivity contribution in [1.82, 2.24) is 4.98 Å². The summed E-state index contributed by atoms with van der Waals surface area (Å²) in [5.41, 5.74) is 1.45. The molecule has 1 aromatic heterocycles. The molecule has 0 amide bonds. The van der Waals surface area contributed by atoms with Gasteiger partial charge in [0.25, 0.3) is 0 Å². The number of pyridine rings is 1. The zero-order valence-electron chi connectivity index (χ0n) is 8.27. The summed E-state index contributed by atoms with van der Waals surface area (Å²) in [6, 6.07) is 3.87. The summed E-state index contributed by atoms with van der Waals surface area (Å²) in [4.78, 5) is 15.9. The number of nitrogens with zero attached hydrogens (tertiary/aromatic N) is 2. The van der Waals surface area contributed by atoms with Crippen molar-refractivity contribution in [3.8, 4) is 6.07 Å². The van der Waals surface area contributed by atoms with Crippen molar-refractivity contribution in [2.45, 2.75) is 16.3 Å². The largest absolute Gasteiger partial charge is 0.481 e. The minimum Gasteiger partial charge on any atom is -0.481 e. The number of fused-ring (bicyclic) bond motifs is 1. The molecule has 0 saturated carbocycles. The van der Waals surface area contributed by atoms with E-state index in [1.165, 1.54) is 0 Å². The van der Waals surface area contributed by atoms with E-state index in [2.05, 4.69) is 11.1 Å². The molecule has 0 aliphatic carbocycles. The Morgan fingerprint density at radius 3 is 3.25 bits per heavy atom. The van der Waals surface area contributed by atoms with Gasteiger partial charge in [0.1, 0.15) is 11.1 Å². The van der Waals surface area contributed by atoms with Gasteiger partial charge in [-0.05, 0) is 6.07 Å². The third-order valence-corrected chi connectivity index (χ3v) is 4.12. The second kappa shape index (κ2) is 4.76. The van der Waals surface area contributed by atoms with Crippen LogP contribution >= 0.6 is 23.5 Å². The maximum absolute atomic E-state index is 10.5. The van der Waals surface area contributed by atoms with Crippen LogP contribution in [-0.4, -0.2) is 27.6 Å². The molecule has 4 nitrogen and oxygen atoms in total. The van der Waals surface area contributed by atoms with Crippen molar-refractivity contribution >= 4 is 29.5 Å². The average Bonchev–Trinajstić information content (AvgIpc) is 2.71. The van der Waals surface area contributed by atoms with Gasteiger partial charge in [-0.15, -0.1) is 11.8 Å². The van der Waals surface area contributed by atoms with Crippen LogP contribution < -0.4 is 0 Å². The number of thioether (sulfide) groups is 2. The van der Waals surface area contributed by atoms with Crippen molar-refractivity contribution in [3.63, 3.8) is 0 Å². The second-order valence-electron chi connectivity index (χ2n) is 3.18. The van der Waals surface area contributed by atoms with Gasteiger partial charge in [-0.2, -0.15) is 5.26 Å². The summed E-state index contributed by atoms with van der Waals surface area (Å²) in [6.45, 7) is 0. The van der Waals surface area contributed by atoms with Crippen LogP contribution in [0.1, 0.15) is 11.3 Å². The molecule has 82 valence electrons. The summed E-state index contributed by atoms with van der Waals surface area (Å²) in [5.74, 6) is 0.0268. The topological polar surface area (TPSA) is 74.0 Å². The van der Waals surface area contributed by atoms with E-state index in [1.54, 1.807) is 11.8 Å². The van der Waals surface area contributed by atoms with Crippen LogP contribution in [0, 0.1) is 11.3 Å². The monoisotopic (exact) mass is 252 g/mol. The number of hydrogen-bond donors (Lipinski definition) is 1. The van der Waals surface area contributed by atoms with E-state index < -0.39 is 5.97 Å². The molecular formula is C10H8N2O2S2. The van der Waals surface area contributed by atoms with Gasteiger partial charge >= 0.3 is 5.97 Å². The summed E-state index contributed by atoms with van der Waals surface area (Å²) < 4.78 is 0. The maximum atomic E-state index is 10.5. The van der Waals surface area contributed by atoms with Crippen LogP contribution in [0.15, 0.2) is 16.0 Å². The highest BCUT2D eigenvalue weighted by Crippen LogP contribution is 2.33. The Morgan fingerprint density at radius 2 is 2.56 bits per heavy atom. The van der Waals surface area contributed by atoms with Gasteiger partial charge in [0.05, 0.1) is 17.0 Å². The van der Waals surface area contributed by atoms with Gasteiger partial charge in [-0.25, -0.2) is 4.98 Å². The van der Waals surface area contributed by atoms with Gasteiger partial charge in [0, 0.05) is 17.1 Å². The predicted molar refractivity (Wildman–Crippen MR) is 61.7 cm³/mol. The first-order valence-corrected chi connectivity index (χ1v) is 6.59. The first-order chi connectivity index (χ1) is 7.70. The lowest BCUT2D eigenvalue weighted by Gasteiger charge is -2.04. The van der Waals surface area contributed by atoms with Gasteiger partial charge < -0.3 is 5.11 Å². The second-order valence-corrected chi connectivity index (χ2v) is 5.28. The van der Waals surface area contributed by atoms with Crippen LogP contribution in [0.4, 0.5) is 0 Å². The molecule has 0 aromatic carbocycles. The smallest absolute Gasteiger partial charge is 0.313 e. The highest BCUT2D eigenvalue weighted by atomic mass is 32.2. The van der Waals surface area contributed by atoms with Crippen LogP contribution in [0.5, 0.6) is 0 Å². The third-order valence-electron chi connectivity index (χ3n) is 2.08. The molecule has 0 fully saturated rings. The van der Waals surface area contributed by atoms with Crippen molar-refractivity contribution in [3.05, 3.63) is 17.3 Å². The number of aliphatic carboxylic acids is 1. The van der Waals surface area contributed by atoms with E-state index in [9.17, 15) is 4.79 Å². The Labute approximate surface area is 101 Å². The molecular weight excluding hydrogens is 244 g/mol. The lowest BCUT2D eigenvalue weighted by atomic mass is 10.2. The standard InChI is InChI=1S/C10H8N2O2S2/c11-4-6-3-8-7(1-2-15-8)12-10(6)16-5-9(13)14/h3H,1-2,5H2,(H,13,14). The number of carboxylic acids is 1. The van der Waals surface area contributed by atoms with Crippen molar-refractivity contribution in [2.24, 2.45) is 0 Å². The lowest BCUT2D eigenvalue weighted by Crippen LogP contribution is -2.00. The zero-order valence-corrected chi connectivity index (χ0v) is 9.90. The van der Waals surface area contributed by atoms with Crippen LogP contribution in [0.2, 0.25) is 0 Å². The molecule has 1 aliphatic heterocycles. The van der Waals surface area contributed by atoms with Crippen molar-refractivity contribution in [2.75, 3.05) is 11.5 Å². The SMILES string of the molecule is N#Cc1cc2c(nc1SCC(=O)O)CCS2. The number of hydrogen-bond acceptors (Lipinski definition) is 5. The zero-order chi connectivity index (χ0) is 11.5. The molecule has 0 unspecified atom stereocenters. The molecule has 1 aromatic rings. The Bertz CT molecular complexity index is 482. The number of aromatic nitrogens is 1. The Kier molecular flexibility index (Phi) is 3.36. The summed E-state index contributed by atoms with van der Waals surface area (Å²) in [5, 5.41) is 18.1. The van der Waals surface area contributed by atoms with E-state index in [-0.39, 0.29) is 5.75 Å². The van der Waals surface area contributed by atoms with Gasteiger partial charge in [0.2, 0.25) is 0 Å². The number of aryl methyl sites for hydroxylation is 1. The molecule has 0 atom stereocenters. The third kappa shape index (κ3) is 2.31. The predicted octanol–water partition coefficient (Wildman–Crippen LogP) is 1.78. The van der Waals surface area contributed by atoms with Gasteiger partial charge in [-0.1, -0.05) is 11.8 Å². The van der Waals surface area contributed by atoms with Crippen LogP contribution in [-0.2, 0) is 11.2 Å². The molecule has 0 saturated heterocycles. The lowest BCUT2D eigenvalue weighted by molar-refractivity contribution is -0.133. The molecule has 6 heteroatoms. The number of rotatable bonds is 3. The molecule has 16 heavy (non-hydrogen) atoms. The molecule has 0 spiro atoms. The fourth-order valence-electron chi connectivity index (χ4n) is 1.40. The Morgan fingerprint density at radius 1 is 1.75 bits per heavy atom. The fourth-order valence-corrected chi connectivity index (χ4v) is 3.12. The van der Waals surface area contributed by atoms with Gasteiger partial charge in [0.15, 0.2) is 0 Å². The first-order valence-electron chi connectivity index (χ1n) is 4.62. The molecule has 1 aliphatic rings. The Hall–Kier alpha value is -1.19. The maximum Gasteiger partial charge on any atom is 0.313 e. The quantitative estimate of drug-likeness (QED) is 0.826. The minimum atomic E-state index is -0.898. The Balaban J connectivity index is 2.30. The van der Waals surface area contributed by atoms with E-state index in [1.807, 2.05) is 6.07 Å². The number of carbonyl (C=O) groups is 1. The summed E-state index contributed by atoms with van der Waals surface area (Å²) >= 11 is 2.79. The van der Waals surface area contributed by atoms with Crippen molar-refractivity contribution in [1.29, 1.82) is 5.26 Å². The van der Waals surface area contributed by atoms with Crippen molar-refractivity contribution < 1.29 is 9.90 Å². The highest BCUT2D eigenvalue weighted by molar-refractivity contribution is 8.00. The van der Waals surface area contributed by atoms with E-state index in [4.69, 9.17) is 10.4 Å². The van der Waals surface area contributed by atoms with Crippen LogP contribution in [0.25, 0.3) is 0 Å². The first kappa shape index (κ1) is 11.3. The molecule has 1 N–H and O–H groups in total. The van der Waals surface area contributed by atoms with E-state index >= 15 is 0 Å². The number of carboxylic acid groups (broad SMARTS) is 1. The molecule has 0 radical (unpaired) electrons. The minimum absolute atomic E-state index is 0.0619. The number of nitriles is 1. The summed E-state index contributed by atoms with van der Waals surface area (Å²) in [6.07, 6.45) is 0.895. The fraction of sp³-hybridized carbons (Fsp3) is 0.300. The van der Waals surface area contributed by atoms with E-state index in [0.717, 1.165) is 34.5 Å².